The molecule has 0 radical (unpaired) electrons. The predicted octanol–water partition coefficient (Wildman–Crippen LogP) is 1.88. The SMILES string of the molecule is CC(C)N(CCC(=O)O)C(=O)c1cc(C2CC2)on1. The van der Waals surface area contributed by atoms with Gasteiger partial charge in [-0.15, -0.1) is 0 Å². The number of hydrogen-bond acceptors (Lipinski definition) is 4. The molecule has 1 aromatic heterocycles. The maximum atomic E-state index is 12.3. The van der Waals surface area contributed by atoms with E-state index in [0.717, 1.165) is 18.6 Å². The number of aromatic nitrogens is 1. The van der Waals surface area contributed by atoms with Gasteiger partial charge >= 0.3 is 5.97 Å². The van der Waals surface area contributed by atoms with E-state index in [-0.39, 0.29) is 30.6 Å². The zero-order chi connectivity index (χ0) is 14.0. The molecule has 0 aromatic carbocycles. The average molecular weight is 266 g/mol. The van der Waals surface area contributed by atoms with Crippen molar-refractivity contribution < 1.29 is 19.2 Å². The van der Waals surface area contributed by atoms with Gasteiger partial charge in [-0.25, -0.2) is 0 Å². The van der Waals surface area contributed by atoms with Gasteiger partial charge in [0.05, 0.1) is 6.42 Å². The van der Waals surface area contributed by atoms with Crippen molar-refractivity contribution >= 4 is 11.9 Å². The molecule has 1 fully saturated rings. The van der Waals surface area contributed by atoms with Crippen molar-refractivity contribution in [2.75, 3.05) is 6.54 Å². The molecule has 2 rings (SSSR count). The molecule has 1 heterocycles. The first kappa shape index (κ1) is 13.6. The predicted molar refractivity (Wildman–Crippen MR) is 66.9 cm³/mol. The van der Waals surface area contributed by atoms with E-state index in [2.05, 4.69) is 5.16 Å². The molecule has 0 atom stereocenters. The van der Waals surface area contributed by atoms with E-state index < -0.39 is 5.97 Å². The van der Waals surface area contributed by atoms with Gasteiger partial charge in [-0.3, -0.25) is 9.59 Å². The first-order chi connectivity index (χ1) is 8.99. The van der Waals surface area contributed by atoms with Crippen LogP contribution in [-0.4, -0.2) is 39.6 Å². The first-order valence-electron chi connectivity index (χ1n) is 6.48. The quantitative estimate of drug-likeness (QED) is 0.849. The van der Waals surface area contributed by atoms with Gasteiger partial charge in [0.2, 0.25) is 0 Å². The molecular formula is C13H18N2O4. The van der Waals surface area contributed by atoms with Crippen molar-refractivity contribution in [3.05, 3.63) is 17.5 Å². The van der Waals surface area contributed by atoms with Gasteiger partial charge in [0, 0.05) is 24.6 Å². The second-order valence-corrected chi connectivity index (χ2v) is 5.12. The van der Waals surface area contributed by atoms with Crippen LogP contribution in [0.5, 0.6) is 0 Å². The van der Waals surface area contributed by atoms with E-state index in [1.807, 2.05) is 13.8 Å². The molecule has 1 amide bonds. The van der Waals surface area contributed by atoms with Crippen LogP contribution < -0.4 is 0 Å². The van der Waals surface area contributed by atoms with Crippen LogP contribution in [-0.2, 0) is 4.79 Å². The number of hydrogen-bond donors (Lipinski definition) is 1. The molecule has 6 nitrogen and oxygen atoms in total. The molecule has 1 aromatic rings. The fraction of sp³-hybridized carbons (Fsp3) is 0.615. The smallest absolute Gasteiger partial charge is 0.305 e. The Balaban J connectivity index is 2.06. The molecular weight excluding hydrogens is 248 g/mol. The molecule has 0 saturated heterocycles. The second-order valence-electron chi connectivity index (χ2n) is 5.12. The Hall–Kier alpha value is -1.85. The third kappa shape index (κ3) is 3.33. The molecule has 1 aliphatic carbocycles. The Morgan fingerprint density at radius 2 is 2.21 bits per heavy atom. The van der Waals surface area contributed by atoms with Crippen LogP contribution in [0.2, 0.25) is 0 Å². The summed E-state index contributed by atoms with van der Waals surface area (Å²) in [4.78, 5) is 24.4. The van der Waals surface area contributed by atoms with Crippen LogP contribution in [0.25, 0.3) is 0 Å². The van der Waals surface area contributed by atoms with Crippen molar-refractivity contribution in [1.82, 2.24) is 10.1 Å². The lowest BCUT2D eigenvalue weighted by Crippen LogP contribution is -2.38. The minimum Gasteiger partial charge on any atom is -0.481 e. The van der Waals surface area contributed by atoms with Crippen molar-refractivity contribution in [3.63, 3.8) is 0 Å². The van der Waals surface area contributed by atoms with Crippen LogP contribution in [0, 0.1) is 0 Å². The second kappa shape index (κ2) is 5.42. The first-order valence-corrected chi connectivity index (χ1v) is 6.48. The van der Waals surface area contributed by atoms with Gasteiger partial charge in [0.25, 0.3) is 5.91 Å². The minimum absolute atomic E-state index is 0.0722. The van der Waals surface area contributed by atoms with Gasteiger partial charge < -0.3 is 14.5 Å². The molecule has 1 saturated carbocycles. The Bertz CT molecular complexity index is 477. The molecule has 1 N–H and O–H groups in total. The highest BCUT2D eigenvalue weighted by Gasteiger charge is 2.30. The molecule has 0 bridgehead atoms. The summed E-state index contributed by atoms with van der Waals surface area (Å²) in [6.45, 7) is 3.88. The lowest BCUT2D eigenvalue weighted by atomic mass is 10.2. The monoisotopic (exact) mass is 266 g/mol. The van der Waals surface area contributed by atoms with Crippen molar-refractivity contribution in [3.8, 4) is 0 Å². The van der Waals surface area contributed by atoms with Gasteiger partial charge in [-0.05, 0) is 26.7 Å². The van der Waals surface area contributed by atoms with Crippen LogP contribution in [0.3, 0.4) is 0 Å². The highest BCUT2D eigenvalue weighted by Crippen LogP contribution is 2.40. The minimum atomic E-state index is -0.919. The summed E-state index contributed by atoms with van der Waals surface area (Å²) in [5, 5.41) is 12.5. The summed E-state index contributed by atoms with van der Waals surface area (Å²) in [5.41, 5.74) is 0.265. The van der Waals surface area contributed by atoms with Crippen LogP contribution in [0.15, 0.2) is 10.6 Å². The van der Waals surface area contributed by atoms with Gasteiger partial charge in [-0.2, -0.15) is 0 Å². The Morgan fingerprint density at radius 3 is 2.74 bits per heavy atom. The molecule has 0 aliphatic heterocycles. The zero-order valence-electron chi connectivity index (χ0n) is 11.1. The Labute approximate surface area is 111 Å². The van der Waals surface area contributed by atoms with Crippen molar-refractivity contribution in [2.45, 2.75) is 45.1 Å². The average Bonchev–Trinajstić information content (AvgIpc) is 3.06. The van der Waals surface area contributed by atoms with Crippen molar-refractivity contribution in [1.29, 1.82) is 0 Å². The molecule has 104 valence electrons. The maximum absolute atomic E-state index is 12.3. The summed E-state index contributed by atoms with van der Waals surface area (Å²) >= 11 is 0. The number of carbonyl (C=O) groups is 2. The third-order valence-corrected chi connectivity index (χ3v) is 3.18. The Morgan fingerprint density at radius 1 is 1.53 bits per heavy atom. The largest absolute Gasteiger partial charge is 0.481 e. The summed E-state index contributed by atoms with van der Waals surface area (Å²) in [6, 6.07) is 1.60. The molecule has 0 spiro atoms. The number of aliphatic carboxylic acids is 1. The van der Waals surface area contributed by atoms with E-state index in [1.165, 1.54) is 4.90 Å². The maximum Gasteiger partial charge on any atom is 0.305 e. The van der Waals surface area contributed by atoms with E-state index in [4.69, 9.17) is 9.63 Å². The number of carbonyl (C=O) groups excluding carboxylic acids is 1. The number of nitrogens with zero attached hydrogens (tertiary/aromatic N) is 2. The van der Waals surface area contributed by atoms with Crippen LogP contribution in [0.4, 0.5) is 0 Å². The lowest BCUT2D eigenvalue weighted by Gasteiger charge is -2.24. The van der Waals surface area contributed by atoms with Crippen molar-refractivity contribution in [2.24, 2.45) is 0 Å². The number of rotatable bonds is 6. The van der Waals surface area contributed by atoms with Crippen LogP contribution in [0.1, 0.15) is 55.3 Å². The van der Waals surface area contributed by atoms with Crippen LogP contribution >= 0.6 is 0 Å². The standard InChI is InChI=1S/C13H18N2O4/c1-8(2)15(6-5-12(16)17)13(18)10-7-11(19-14-10)9-3-4-9/h7-9H,3-6H2,1-2H3,(H,16,17). The Kier molecular flexibility index (Phi) is 3.87. The summed E-state index contributed by atoms with van der Waals surface area (Å²) in [6.07, 6.45) is 2.09. The number of carboxylic acid groups (broad SMARTS) is 1. The third-order valence-electron chi connectivity index (χ3n) is 3.18. The van der Waals surface area contributed by atoms with Gasteiger partial charge in [-0.1, -0.05) is 5.16 Å². The molecule has 1 aliphatic rings. The zero-order valence-corrected chi connectivity index (χ0v) is 11.1. The van der Waals surface area contributed by atoms with E-state index in [0.29, 0.717) is 5.92 Å². The van der Waals surface area contributed by atoms with Gasteiger partial charge in [0.1, 0.15) is 5.76 Å². The summed E-state index contributed by atoms with van der Waals surface area (Å²) in [5.74, 6) is -0.0324. The highest BCUT2D eigenvalue weighted by atomic mass is 16.5. The number of amides is 1. The highest BCUT2D eigenvalue weighted by molar-refractivity contribution is 5.92. The van der Waals surface area contributed by atoms with E-state index in [1.54, 1.807) is 6.07 Å². The van der Waals surface area contributed by atoms with Gasteiger partial charge in [0.15, 0.2) is 5.69 Å². The lowest BCUT2D eigenvalue weighted by molar-refractivity contribution is -0.137. The fourth-order valence-corrected chi connectivity index (χ4v) is 1.91. The normalized spacial score (nSPS) is 14.7. The molecule has 0 unspecified atom stereocenters. The summed E-state index contributed by atoms with van der Waals surface area (Å²) < 4.78 is 5.15. The van der Waals surface area contributed by atoms with E-state index in [9.17, 15) is 9.59 Å². The summed E-state index contributed by atoms with van der Waals surface area (Å²) in [7, 11) is 0. The fourth-order valence-electron chi connectivity index (χ4n) is 1.91. The number of carboxylic acids is 1. The molecule has 19 heavy (non-hydrogen) atoms. The molecule has 6 heteroatoms. The van der Waals surface area contributed by atoms with E-state index >= 15 is 0 Å². The topological polar surface area (TPSA) is 83.6 Å².